The van der Waals surface area contributed by atoms with Gasteiger partial charge < -0.3 is 15.8 Å². The zero-order valence-electron chi connectivity index (χ0n) is 11.8. The van der Waals surface area contributed by atoms with E-state index in [1.54, 1.807) is 5.38 Å². The van der Waals surface area contributed by atoms with Crippen molar-refractivity contribution in [2.24, 2.45) is 5.73 Å². The lowest BCUT2D eigenvalue weighted by Crippen LogP contribution is -2.38. The van der Waals surface area contributed by atoms with Crippen LogP contribution in [0.2, 0.25) is 0 Å². The predicted octanol–water partition coefficient (Wildman–Crippen LogP) is 0.615. The lowest BCUT2D eigenvalue weighted by molar-refractivity contribution is 0.0374. The Bertz CT molecular complexity index is 430. The maximum Gasteiger partial charge on any atom is 0.270 e. The Balaban J connectivity index is 1.66. The summed E-state index contributed by atoms with van der Waals surface area (Å²) in [6.45, 7) is 7.11. The summed E-state index contributed by atoms with van der Waals surface area (Å²) in [5, 5.41) is 5.45. The summed E-state index contributed by atoms with van der Waals surface area (Å²) in [7, 11) is 0. The number of carbonyl (C=O) groups excluding carboxylic acids is 1. The molecule has 1 saturated heterocycles. The Hall–Kier alpha value is -1.02. The molecule has 3 N–H and O–H groups in total. The molecule has 0 aromatic carbocycles. The van der Waals surface area contributed by atoms with Crippen LogP contribution in [0, 0.1) is 0 Å². The second-order valence-electron chi connectivity index (χ2n) is 4.92. The van der Waals surface area contributed by atoms with Gasteiger partial charge in [-0.1, -0.05) is 0 Å². The van der Waals surface area contributed by atoms with E-state index < -0.39 is 0 Å². The molecular weight excluding hydrogens is 276 g/mol. The molecule has 1 aliphatic rings. The number of ether oxygens (including phenoxy) is 1. The second-order valence-corrected chi connectivity index (χ2v) is 5.81. The fraction of sp³-hybridized carbons (Fsp3) is 0.692. The van der Waals surface area contributed by atoms with Crippen LogP contribution in [-0.4, -0.2) is 55.2 Å². The molecule has 2 heterocycles. The maximum atomic E-state index is 11.9. The van der Waals surface area contributed by atoms with E-state index in [1.165, 1.54) is 11.3 Å². The van der Waals surface area contributed by atoms with Gasteiger partial charge in [0.1, 0.15) is 10.7 Å². The Kier molecular flexibility index (Phi) is 5.90. The molecule has 112 valence electrons. The van der Waals surface area contributed by atoms with E-state index in [-0.39, 0.29) is 11.9 Å². The number of hydrogen-bond donors (Lipinski definition) is 2. The number of rotatable bonds is 6. The van der Waals surface area contributed by atoms with Gasteiger partial charge in [0, 0.05) is 25.0 Å². The Morgan fingerprint density at radius 2 is 2.35 bits per heavy atom. The van der Waals surface area contributed by atoms with Crippen LogP contribution >= 0.6 is 11.3 Å². The summed E-state index contributed by atoms with van der Waals surface area (Å²) < 4.78 is 5.29. The molecule has 1 aromatic heterocycles. The van der Waals surface area contributed by atoms with Gasteiger partial charge in [-0.2, -0.15) is 0 Å². The van der Waals surface area contributed by atoms with Gasteiger partial charge in [-0.25, -0.2) is 4.98 Å². The molecular formula is C13H22N4O2S. The highest BCUT2D eigenvalue weighted by molar-refractivity contribution is 7.09. The van der Waals surface area contributed by atoms with Crippen molar-refractivity contribution < 1.29 is 9.53 Å². The molecule has 2 rings (SSSR count). The topological polar surface area (TPSA) is 80.5 Å². The third kappa shape index (κ3) is 4.52. The van der Waals surface area contributed by atoms with Crippen molar-refractivity contribution in [3.63, 3.8) is 0 Å². The van der Waals surface area contributed by atoms with Gasteiger partial charge in [0.25, 0.3) is 5.91 Å². The van der Waals surface area contributed by atoms with Crippen LogP contribution in [0.1, 0.15) is 34.9 Å². The molecule has 1 fully saturated rings. The summed E-state index contributed by atoms with van der Waals surface area (Å²) >= 11 is 1.43. The molecule has 1 aromatic rings. The molecule has 6 nitrogen and oxygen atoms in total. The van der Waals surface area contributed by atoms with Gasteiger partial charge in [-0.05, 0) is 19.9 Å². The van der Waals surface area contributed by atoms with Gasteiger partial charge in [0.15, 0.2) is 0 Å². The van der Waals surface area contributed by atoms with E-state index in [0.29, 0.717) is 12.2 Å². The number of thiazole rings is 1. The SMILES string of the molecule is CC(N)c1nc(C(=O)NCCCN2CCOCC2)cs1. The van der Waals surface area contributed by atoms with Crippen molar-refractivity contribution in [1.82, 2.24) is 15.2 Å². The van der Waals surface area contributed by atoms with Crippen LogP contribution in [-0.2, 0) is 4.74 Å². The standard InChI is InChI=1S/C13H22N4O2S/c1-10(14)13-16-11(9-20-13)12(18)15-3-2-4-17-5-7-19-8-6-17/h9-10H,2-8,14H2,1H3,(H,15,18). The highest BCUT2D eigenvalue weighted by Crippen LogP contribution is 2.15. The first kappa shape index (κ1) is 15.4. The van der Waals surface area contributed by atoms with Crippen LogP contribution in [0.3, 0.4) is 0 Å². The lowest BCUT2D eigenvalue weighted by atomic mass is 10.3. The van der Waals surface area contributed by atoms with E-state index in [4.69, 9.17) is 10.5 Å². The molecule has 0 bridgehead atoms. The summed E-state index contributed by atoms with van der Waals surface area (Å²) in [4.78, 5) is 18.5. The number of nitrogens with one attached hydrogen (secondary N) is 1. The third-order valence-electron chi connectivity index (χ3n) is 3.18. The number of hydrogen-bond acceptors (Lipinski definition) is 6. The molecule has 7 heteroatoms. The summed E-state index contributed by atoms with van der Waals surface area (Å²) in [5.41, 5.74) is 6.20. The highest BCUT2D eigenvalue weighted by atomic mass is 32.1. The van der Waals surface area contributed by atoms with E-state index in [9.17, 15) is 4.79 Å². The molecule has 0 spiro atoms. The second kappa shape index (κ2) is 7.68. The van der Waals surface area contributed by atoms with Crippen LogP contribution in [0.4, 0.5) is 0 Å². The molecule has 1 aliphatic heterocycles. The zero-order chi connectivity index (χ0) is 14.4. The number of amides is 1. The number of carbonyl (C=O) groups is 1. The fourth-order valence-electron chi connectivity index (χ4n) is 2.02. The van der Waals surface area contributed by atoms with Crippen molar-refractivity contribution in [1.29, 1.82) is 0 Å². The van der Waals surface area contributed by atoms with E-state index in [0.717, 1.165) is 44.3 Å². The summed E-state index contributed by atoms with van der Waals surface area (Å²) in [5.74, 6) is -0.116. The van der Waals surface area contributed by atoms with Crippen LogP contribution in [0.25, 0.3) is 0 Å². The van der Waals surface area contributed by atoms with Gasteiger partial charge in [-0.15, -0.1) is 11.3 Å². The van der Waals surface area contributed by atoms with E-state index in [1.807, 2.05) is 6.92 Å². The minimum Gasteiger partial charge on any atom is -0.379 e. The number of morpholine rings is 1. The van der Waals surface area contributed by atoms with Gasteiger partial charge >= 0.3 is 0 Å². The number of nitrogens with two attached hydrogens (primary N) is 1. The molecule has 1 atom stereocenters. The molecule has 0 radical (unpaired) electrons. The predicted molar refractivity (Wildman–Crippen MR) is 78.9 cm³/mol. The Morgan fingerprint density at radius 1 is 1.60 bits per heavy atom. The maximum absolute atomic E-state index is 11.9. The Labute approximate surface area is 123 Å². The quantitative estimate of drug-likeness (QED) is 0.752. The molecule has 0 aliphatic carbocycles. The first-order chi connectivity index (χ1) is 9.66. The normalized spacial score (nSPS) is 17.9. The van der Waals surface area contributed by atoms with Gasteiger partial charge in [0.05, 0.1) is 19.3 Å². The number of nitrogens with zero attached hydrogens (tertiary/aromatic N) is 2. The summed E-state index contributed by atoms with van der Waals surface area (Å²) in [6, 6.07) is -0.122. The van der Waals surface area contributed by atoms with Crippen molar-refractivity contribution >= 4 is 17.2 Å². The Morgan fingerprint density at radius 3 is 3.00 bits per heavy atom. The molecule has 20 heavy (non-hydrogen) atoms. The average molecular weight is 298 g/mol. The fourth-order valence-corrected chi connectivity index (χ4v) is 2.78. The highest BCUT2D eigenvalue weighted by Gasteiger charge is 2.13. The van der Waals surface area contributed by atoms with E-state index in [2.05, 4.69) is 15.2 Å². The van der Waals surface area contributed by atoms with Crippen molar-refractivity contribution in [2.75, 3.05) is 39.4 Å². The minimum absolute atomic E-state index is 0.116. The lowest BCUT2D eigenvalue weighted by Gasteiger charge is -2.26. The van der Waals surface area contributed by atoms with Gasteiger partial charge in [0.2, 0.25) is 0 Å². The monoisotopic (exact) mass is 298 g/mol. The minimum atomic E-state index is -0.122. The average Bonchev–Trinajstić information content (AvgIpc) is 2.94. The van der Waals surface area contributed by atoms with Crippen LogP contribution in [0.15, 0.2) is 5.38 Å². The van der Waals surface area contributed by atoms with Crippen molar-refractivity contribution in [2.45, 2.75) is 19.4 Å². The number of aromatic nitrogens is 1. The largest absolute Gasteiger partial charge is 0.379 e. The zero-order valence-corrected chi connectivity index (χ0v) is 12.6. The van der Waals surface area contributed by atoms with Gasteiger partial charge in [-0.3, -0.25) is 9.69 Å². The van der Waals surface area contributed by atoms with Crippen molar-refractivity contribution in [3.8, 4) is 0 Å². The molecule has 1 amide bonds. The summed E-state index contributed by atoms with van der Waals surface area (Å²) in [6.07, 6.45) is 0.941. The first-order valence-corrected chi connectivity index (χ1v) is 7.84. The van der Waals surface area contributed by atoms with Crippen molar-refractivity contribution in [3.05, 3.63) is 16.1 Å². The smallest absolute Gasteiger partial charge is 0.270 e. The van der Waals surface area contributed by atoms with E-state index >= 15 is 0 Å². The first-order valence-electron chi connectivity index (χ1n) is 6.96. The van der Waals surface area contributed by atoms with Crippen LogP contribution < -0.4 is 11.1 Å². The molecule has 0 saturated carbocycles. The van der Waals surface area contributed by atoms with Crippen LogP contribution in [0.5, 0.6) is 0 Å². The third-order valence-corrected chi connectivity index (χ3v) is 4.23. The molecule has 1 unspecified atom stereocenters.